The fourth-order valence-corrected chi connectivity index (χ4v) is 5.33. The Labute approximate surface area is 161 Å². The van der Waals surface area contributed by atoms with Crippen LogP contribution in [-0.2, 0) is 4.79 Å². The highest BCUT2D eigenvalue weighted by molar-refractivity contribution is 7.12. The minimum Gasteiger partial charge on any atom is -0.493 e. The normalized spacial score (nSPS) is 23.5. The number of carbonyl (C=O) groups excluding carboxylic acids is 2. The van der Waals surface area contributed by atoms with E-state index < -0.39 is 11.9 Å². The van der Waals surface area contributed by atoms with Gasteiger partial charge in [-0.3, -0.25) is 9.59 Å². The van der Waals surface area contributed by atoms with Gasteiger partial charge in [-0.2, -0.15) is 0 Å². The number of methoxy groups -OCH3 is 2. The molecule has 2 amide bonds. The van der Waals surface area contributed by atoms with Crippen LogP contribution in [0.4, 0.5) is 0 Å². The van der Waals surface area contributed by atoms with Gasteiger partial charge in [0.05, 0.1) is 19.1 Å². The molecule has 1 saturated carbocycles. The number of fused-ring (bicyclic) bond motifs is 2. The molecule has 6 nitrogen and oxygen atoms in total. The number of likely N-dealkylation sites (tertiary alicyclic amines) is 1. The Kier molecular flexibility index (Phi) is 4.55. The predicted octanol–water partition coefficient (Wildman–Crippen LogP) is 2.91. The van der Waals surface area contributed by atoms with Gasteiger partial charge in [0.15, 0.2) is 11.5 Å². The van der Waals surface area contributed by atoms with E-state index in [-0.39, 0.29) is 17.9 Å². The molecule has 1 aliphatic heterocycles. The lowest BCUT2D eigenvalue weighted by atomic mass is 9.97. The average molecular weight is 386 g/mol. The zero-order chi connectivity index (χ0) is 19.1. The van der Waals surface area contributed by atoms with Crippen LogP contribution >= 0.6 is 11.3 Å². The molecule has 3 atom stereocenters. The molecule has 1 aliphatic carbocycles. The maximum absolute atomic E-state index is 13.4. The maximum atomic E-state index is 13.4. The molecule has 2 fully saturated rings. The summed E-state index contributed by atoms with van der Waals surface area (Å²) in [5.74, 6) is 0.927. The number of hydrogen-bond donors (Lipinski definition) is 1. The molecule has 1 aromatic carbocycles. The highest BCUT2D eigenvalue weighted by Crippen LogP contribution is 2.44. The van der Waals surface area contributed by atoms with E-state index in [0.29, 0.717) is 16.4 Å². The van der Waals surface area contributed by atoms with Gasteiger partial charge >= 0.3 is 0 Å². The van der Waals surface area contributed by atoms with Gasteiger partial charge in [-0.15, -0.1) is 11.3 Å². The molecule has 1 aromatic heterocycles. The molecule has 0 unspecified atom stereocenters. The second kappa shape index (κ2) is 6.88. The van der Waals surface area contributed by atoms with Crippen LogP contribution in [0, 0.1) is 5.92 Å². The second-order valence-corrected chi connectivity index (χ2v) is 7.94. The largest absolute Gasteiger partial charge is 0.493 e. The molecule has 2 aromatic rings. The Balaban J connectivity index is 1.70. The van der Waals surface area contributed by atoms with Crippen molar-refractivity contribution < 1.29 is 19.1 Å². The lowest BCUT2D eigenvalue weighted by Gasteiger charge is -2.33. The summed E-state index contributed by atoms with van der Waals surface area (Å²) < 4.78 is 10.7. The fourth-order valence-electron chi connectivity index (χ4n) is 4.47. The number of amides is 2. The summed E-state index contributed by atoms with van der Waals surface area (Å²) in [6.45, 7) is 0. The summed E-state index contributed by atoms with van der Waals surface area (Å²) in [6.07, 6.45) is 2.78. The van der Waals surface area contributed by atoms with Crippen molar-refractivity contribution in [3.8, 4) is 22.6 Å². The number of piperidine rings is 1. The topological polar surface area (TPSA) is 81.9 Å². The van der Waals surface area contributed by atoms with E-state index in [2.05, 4.69) is 0 Å². The lowest BCUT2D eigenvalue weighted by molar-refractivity contribution is -0.123. The Bertz CT molecular complexity index is 894. The van der Waals surface area contributed by atoms with E-state index in [4.69, 9.17) is 15.2 Å². The molecule has 7 heteroatoms. The van der Waals surface area contributed by atoms with Crippen molar-refractivity contribution in [2.24, 2.45) is 11.7 Å². The lowest BCUT2D eigenvalue weighted by Crippen LogP contribution is -2.51. The predicted molar refractivity (Wildman–Crippen MR) is 103 cm³/mol. The quantitative estimate of drug-likeness (QED) is 0.857. The Morgan fingerprint density at radius 3 is 2.63 bits per heavy atom. The molecular weight excluding hydrogens is 364 g/mol. The average Bonchev–Trinajstić information content (AvgIpc) is 3.41. The summed E-state index contributed by atoms with van der Waals surface area (Å²) in [4.78, 5) is 27.7. The number of nitrogens with two attached hydrogens (primary N) is 1. The third-order valence-corrected chi connectivity index (χ3v) is 6.57. The van der Waals surface area contributed by atoms with Gasteiger partial charge < -0.3 is 20.1 Å². The third kappa shape index (κ3) is 2.86. The second-order valence-electron chi connectivity index (χ2n) is 7.02. The van der Waals surface area contributed by atoms with Crippen LogP contribution in [0.2, 0.25) is 0 Å². The van der Waals surface area contributed by atoms with Crippen molar-refractivity contribution in [1.29, 1.82) is 0 Å². The monoisotopic (exact) mass is 386 g/mol. The van der Waals surface area contributed by atoms with Crippen molar-refractivity contribution in [2.75, 3.05) is 14.2 Å². The van der Waals surface area contributed by atoms with Crippen LogP contribution in [0.15, 0.2) is 29.6 Å². The van der Waals surface area contributed by atoms with E-state index in [9.17, 15) is 9.59 Å². The van der Waals surface area contributed by atoms with Gasteiger partial charge in [-0.05, 0) is 54.3 Å². The first-order valence-electron chi connectivity index (χ1n) is 8.97. The van der Waals surface area contributed by atoms with E-state index in [0.717, 1.165) is 30.4 Å². The first-order valence-corrected chi connectivity index (χ1v) is 9.85. The highest BCUT2D eigenvalue weighted by atomic mass is 32.1. The Morgan fingerprint density at radius 2 is 1.93 bits per heavy atom. The maximum Gasteiger partial charge on any atom is 0.265 e. The zero-order valence-electron chi connectivity index (χ0n) is 15.3. The SMILES string of the molecule is COc1ccc(-c2ccsc2C(=O)N2[C@@H]3CC[C@@H](C3)[C@H]2C(N)=O)cc1OC. The number of primary amides is 1. The van der Waals surface area contributed by atoms with Gasteiger partial charge in [0.1, 0.15) is 6.04 Å². The van der Waals surface area contributed by atoms with E-state index in [1.165, 1.54) is 11.3 Å². The van der Waals surface area contributed by atoms with Crippen molar-refractivity contribution in [3.63, 3.8) is 0 Å². The van der Waals surface area contributed by atoms with Crippen molar-refractivity contribution in [2.45, 2.75) is 31.3 Å². The number of hydrogen-bond acceptors (Lipinski definition) is 5. The number of benzene rings is 1. The minimum atomic E-state index is -0.489. The van der Waals surface area contributed by atoms with Crippen LogP contribution in [0.3, 0.4) is 0 Å². The van der Waals surface area contributed by atoms with Crippen molar-refractivity contribution >= 4 is 23.2 Å². The van der Waals surface area contributed by atoms with Gasteiger partial charge in [0.2, 0.25) is 5.91 Å². The first kappa shape index (κ1) is 17.9. The fraction of sp³-hybridized carbons (Fsp3) is 0.400. The summed E-state index contributed by atoms with van der Waals surface area (Å²) in [7, 11) is 3.17. The number of ether oxygens (including phenoxy) is 2. The summed E-state index contributed by atoms with van der Waals surface area (Å²) in [5, 5.41) is 1.90. The molecule has 2 N–H and O–H groups in total. The van der Waals surface area contributed by atoms with Crippen molar-refractivity contribution in [1.82, 2.24) is 4.90 Å². The number of nitrogens with zero attached hydrogens (tertiary/aromatic N) is 1. The Morgan fingerprint density at radius 1 is 1.15 bits per heavy atom. The van der Waals surface area contributed by atoms with Gasteiger partial charge in [-0.1, -0.05) is 6.07 Å². The number of rotatable bonds is 5. The standard InChI is InChI=1S/C20H22N2O4S/c1-25-15-6-4-11(10-16(15)26-2)14-7-8-27-18(14)20(24)22-13-5-3-12(9-13)17(22)19(21)23/h4,6-8,10,12-13,17H,3,5,9H2,1-2H3,(H2,21,23)/t12-,13+,17-/m0/s1. The van der Waals surface area contributed by atoms with Crippen LogP contribution < -0.4 is 15.2 Å². The number of thiophene rings is 1. The van der Waals surface area contributed by atoms with Crippen LogP contribution in [0.5, 0.6) is 11.5 Å². The molecule has 4 rings (SSSR count). The first-order chi connectivity index (χ1) is 13.0. The van der Waals surface area contributed by atoms with E-state index in [1.807, 2.05) is 29.6 Å². The molecule has 0 spiro atoms. The smallest absolute Gasteiger partial charge is 0.265 e. The minimum absolute atomic E-state index is 0.106. The van der Waals surface area contributed by atoms with Gasteiger partial charge in [-0.25, -0.2) is 0 Å². The molecule has 2 aliphatic rings. The zero-order valence-corrected chi connectivity index (χ0v) is 16.1. The van der Waals surface area contributed by atoms with Crippen LogP contribution in [0.25, 0.3) is 11.1 Å². The summed E-state index contributed by atoms with van der Waals surface area (Å²) in [6, 6.07) is 7.13. The van der Waals surface area contributed by atoms with Crippen LogP contribution in [-0.4, -0.2) is 43.0 Å². The third-order valence-electron chi connectivity index (χ3n) is 5.67. The molecule has 0 radical (unpaired) electrons. The molecule has 142 valence electrons. The highest BCUT2D eigenvalue weighted by Gasteiger charge is 2.51. The molecular formula is C20H22N2O4S. The van der Waals surface area contributed by atoms with E-state index >= 15 is 0 Å². The van der Waals surface area contributed by atoms with Gasteiger partial charge in [0.25, 0.3) is 5.91 Å². The molecule has 27 heavy (non-hydrogen) atoms. The molecule has 2 bridgehead atoms. The van der Waals surface area contributed by atoms with E-state index in [1.54, 1.807) is 19.1 Å². The molecule has 2 heterocycles. The van der Waals surface area contributed by atoms with Crippen LogP contribution in [0.1, 0.15) is 28.9 Å². The number of carbonyl (C=O) groups is 2. The summed E-state index contributed by atoms with van der Waals surface area (Å²) >= 11 is 1.39. The molecule has 1 saturated heterocycles. The van der Waals surface area contributed by atoms with Gasteiger partial charge in [0, 0.05) is 11.6 Å². The summed E-state index contributed by atoms with van der Waals surface area (Å²) in [5.41, 5.74) is 7.33. The van der Waals surface area contributed by atoms with Crippen molar-refractivity contribution in [3.05, 3.63) is 34.5 Å². The Hall–Kier alpha value is -2.54.